The number of Topliss-reactive ketones (excluding diaryl/α,β-unsaturated/α-hetero) is 1. The molecule has 0 saturated heterocycles. The summed E-state index contributed by atoms with van der Waals surface area (Å²) in [7, 11) is 1.56. The van der Waals surface area contributed by atoms with Gasteiger partial charge in [0.1, 0.15) is 11.6 Å². The number of rotatable bonds is 10. The number of hydrogen-bond donors (Lipinski definition) is 0. The molecule has 6 heteroatoms. The number of hydrogen-bond acceptors (Lipinski definition) is 6. The predicted molar refractivity (Wildman–Crippen MR) is 119 cm³/mol. The van der Waals surface area contributed by atoms with Gasteiger partial charge in [0.05, 0.1) is 24.8 Å². The summed E-state index contributed by atoms with van der Waals surface area (Å²) in [6, 6.07) is 7.46. The first kappa shape index (κ1) is 23.4. The van der Waals surface area contributed by atoms with Gasteiger partial charge in [0.15, 0.2) is 5.78 Å². The lowest BCUT2D eigenvalue weighted by Crippen LogP contribution is -2.22. The van der Waals surface area contributed by atoms with Crippen molar-refractivity contribution in [3.63, 3.8) is 0 Å². The summed E-state index contributed by atoms with van der Waals surface area (Å²) in [5.74, 6) is 1.14. The molecule has 1 heterocycles. The predicted octanol–water partition coefficient (Wildman–Crippen LogP) is 5.53. The zero-order valence-electron chi connectivity index (χ0n) is 18.8. The van der Waals surface area contributed by atoms with E-state index in [1.54, 1.807) is 26.3 Å². The van der Waals surface area contributed by atoms with Gasteiger partial charge in [-0.05, 0) is 56.4 Å². The highest BCUT2D eigenvalue weighted by atomic mass is 16.5. The number of carbonyl (C=O) groups excluding carboxylic acids is 2. The fraction of sp³-hybridized carbons (Fsp3) is 0.458. The highest BCUT2D eigenvalue weighted by molar-refractivity contribution is 5.97. The smallest absolute Gasteiger partial charge is 0.339 e. The average molecular weight is 413 g/mol. The Balaban J connectivity index is 2.61. The van der Waals surface area contributed by atoms with Crippen LogP contribution in [0.25, 0.3) is 0 Å². The minimum absolute atomic E-state index is 0.0438. The fourth-order valence-corrected chi connectivity index (χ4v) is 3.33. The quantitative estimate of drug-likeness (QED) is 0.377. The van der Waals surface area contributed by atoms with Gasteiger partial charge in [-0.3, -0.25) is 4.79 Å². The van der Waals surface area contributed by atoms with Crippen LogP contribution in [-0.2, 0) is 4.74 Å². The molecule has 0 aliphatic heterocycles. The van der Waals surface area contributed by atoms with Crippen molar-refractivity contribution in [1.82, 2.24) is 4.98 Å². The molecular weight excluding hydrogens is 380 g/mol. The molecule has 2 aromatic rings. The molecular formula is C24H32N2O4. The zero-order valence-corrected chi connectivity index (χ0v) is 18.8. The van der Waals surface area contributed by atoms with Crippen LogP contribution >= 0.6 is 0 Å². The molecule has 1 atom stereocenters. The number of pyridine rings is 1. The van der Waals surface area contributed by atoms with Crippen LogP contribution < -0.4 is 9.64 Å². The zero-order chi connectivity index (χ0) is 22.3. The molecule has 0 fully saturated rings. The third kappa shape index (κ3) is 5.17. The van der Waals surface area contributed by atoms with E-state index in [4.69, 9.17) is 9.47 Å². The molecule has 0 aliphatic carbocycles. The Bertz CT molecular complexity index is 895. The Morgan fingerprint density at radius 1 is 1.17 bits per heavy atom. The maximum atomic E-state index is 12.2. The number of nitrogens with zero attached hydrogens (tertiary/aromatic N) is 2. The largest absolute Gasteiger partial charge is 0.496 e. The maximum absolute atomic E-state index is 12.2. The van der Waals surface area contributed by atoms with E-state index in [1.165, 1.54) is 6.92 Å². The summed E-state index contributed by atoms with van der Waals surface area (Å²) in [6.45, 7) is 10.7. The average Bonchev–Trinajstić information content (AvgIpc) is 2.76. The molecule has 6 nitrogen and oxygen atoms in total. The molecule has 1 unspecified atom stereocenters. The van der Waals surface area contributed by atoms with E-state index in [0.717, 1.165) is 36.5 Å². The molecule has 0 bridgehead atoms. The van der Waals surface area contributed by atoms with Gasteiger partial charge in [-0.1, -0.05) is 20.8 Å². The van der Waals surface area contributed by atoms with Gasteiger partial charge in [0.2, 0.25) is 0 Å². The van der Waals surface area contributed by atoms with Gasteiger partial charge in [-0.15, -0.1) is 0 Å². The molecule has 162 valence electrons. The normalized spacial score (nSPS) is 11.7. The standard InChI is InChI=1S/C24H32N2O4/c1-7-12-26(19-10-11-20(17(5)27)22(14-19)29-6)23-21(16(4)8-2)13-18(15-25-23)24(28)30-9-3/h10-11,13-16H,7-9,12H2,1-6H3. The minimum atomic E-state index is -0.365. The third-order valence-corrected chi connectivity index (χ3v) is 5.13. The number of esters is 1. The summed E-state index contributed by atoms with van der Waals surface area (Å²) in [6.07, 6.45) is 3.38. The number of aromatic nitrogens is 1. The summed E-state index contributed by atoms with van der Waals surface area (Å²) in [5.41, 5.74) is 2.88. The topological polar surface area (TPSA) is 68.7 Å². The van der Waals surface area contributed by atoms with Crippen LogP contribution in [0.2, 0.25) is 0 Å². The minimum Gasteiger partial charge on any atom is -0.496 e. The Morgan fingerprint density at radius 3 is 2.47 bits per heavy atom. The van der Waals surface area contributed by atoms with Gasteiger partial charge < -0.3 is 14.4 Å². The lowest BCUT2D eigenvalue weighted by molar-refractivity contribution is 0.0525. The summed E-state index contributed by atoms with van der Waals surface area (Å²) < 4.78 is 10.6. The lowest BCUT2D eigenvalue weighted by Gasteiger charge is -2.28. The fourth-order valence-electron chi connectivity index (χ4n) is 3.33. The highest BCUT2D eigenvalue weighted by Gasteiger charge is 2.22. The molecule has 0 spiro atoms. The Labute approximate surface area is 179 Å². The second-order valence-electron chi connectivity index (χ2n) is 7.26. The number of ketones is 1. The molecule has 30 heavy (non-hydrogen) atoms. The van der Waals surface area contributed by atoms with Crippen molar-refractivity contribution in [2.75, 3.05) is 25.2 Å². The van der Waals surface area contributed by atoms with Crippen molar-refractivity contribution in [3.8, 4) is 5.75 Å². The molecule has 2 rings (SSSR count). The molecule has 0 N–H and O–H groups in total. The monoisotopic (exact) mass is 412 g/mol. The number of anilines is 2. The van der Waals surface area contributed by atoms with Crippen LogP contribution in [0.3, 0.4) is 0 Å². The van der Waals surface area contributed by atoms with E-state index in [9.17, 15) is 9.59 Å². The summed E-state index contributed by atoms with van der Waals surface area (Å²) in [5, 5.41) is 0. The van der Waals surface area contributed by atoms with Gasteiger partial charge in [0.25, 0.3) is 0 Å². The van der Waals surface area contributed by atoms with Gasteiger partial charge in [-0.25, -0.2) is 9.78 Å². The number of ether oxygens (including phenoxy) is 2. The van der Waals surface area contributed by atoms with E-state index in [-0.39, 0.29) is 17.7 Å². The van der Waals surface area contributed by atoms with Crippen molar-refractivity contribution >= 4 is 23.3 Å². The molecule has 0 aliphatic rings. The van der Waals surface area contributed by atoms with Crippen LogP contribution in [-0.4, -0.2) is 37.0 Å². The first-order valence-corrected chi connectivity index (χ1v) is 10.5. The second kappa shape index (κ2) is 10.8. The molecule has 0 radical (unpaired) electrons. The number of methoxy groups -OCH3 is 1. The van der Waals surface area contributed by atoms with Crippen LogP contribution in [0.5, 0.6) is 5.75 Å². The second-order valence-corrected chi connectivity index (χ2v) is 7.26. The first-order chi connectivity index (χ1) is 14.4. The van der Waals surface area contributed by atoms with Crippen LogP contribution in [0, 0.1) is 0 Å². The Kier molecular flexibility index (Phi) is 8.39. The van der Waals surface area contributed by atoms with Gasteiger partial charge in [0, 0.05) is 24.5 Å². The Morgan fingerprint density at radius 2 is 1.90 bits per heavy atom. The van der Waals surface area contributed by atoms with E-state index in [2.05, 4.69) is 30.7 Å². The van der Waals surface area contributed by atoms with Gasteiger partial charge >= 0.3 is 5.97 Å². The third-order valence-electron chi connectivity index (χ3n) is 5.13. The van der Waals surface area contributed by atoms with Crippen LogP contribution in [0.15, 0.2) is 30.5 Å². The van der Waals surface area contributed by atoms with E-state index < -0.39 is 0 Å². The highest BCUT2D eigenvalue weighted by Crippen LogP contribution is 2.35. The molecule has 1 aromatic heterocycles. The van der Waals surface area contributed by atoms with Crippen LogP contribution in [0.1, 0.15) is 79.7 Å². The summed E-state index contributed by atoms with van der Waals surface area (Å²) in [4.78, 5) is 30.9. The van der Waals surface area contributed by atoms with Crippen molar-refractivity contribution in [1.29, 1.82) is 0 Å². The maximum Gasteiger partial charge on any atom is 0.339 e. The van der Waals surface area contributed by atoms with E-state index >= 15 is 0 Å². The number of benzene rings is 1. The van der Waals surface area contributed by atoms with Crippen molar-refractivity contribution in [2.24, 2.45) is 0 Å². The molecule has 0 saturated carbocycles. The summed E-state index contributed by atoms with van der Waals surface area (Å²) >= 11 is 0. The Hall–Kier alpha value is -2.89. The first-order valence-electron chi connectivity index (χ1n) is 10.5. The van der Waals surface area contributed by atoms with Crippen molar-refractivity contribution < 1.29 is 19.1 Å². The van der Waals surface area contributed by atoms with E-state index in [0.29, 0.717) is 23.5 Å². The van der Waals surface area contributed by atoms with Gasteiger partial charge in [-0.2, -0.15) is 0 Å². The number of carbonyl (C=O) groups is 2. The lowest BCUT2D eigenvalue weighted by atomic mass is 9.97. The van der Waals surface area contributed by atoms with Crippen LogP contribution in [0.4, 0.5) is 11.5 Å². The van der Waals surface area contributed by atoms with E-state index in [1.807, 2.05) is 18.2 Å². The van der Waals surface area contributed by atoms with Crippen molar-refractivity contribution in [2.45, 2.75) is 53.4 Å². The van der Waals surface area contributed by atoms with Crippen molar-refractivity contribution in [3.05, 3.63) is 47.2 Å². The molecule has 0 amide bonds. The molecule has 1 aromatic carbocycles. The SMILES string of the molecule is CCCN(c1ccc(C(C)=O)c(OC)c1)c1ncc(C(=O)OCC)cc1C(C)CC.